The van der Waals surface area contributed by atoms with Gasteiger partial charge in [0.05, 0.1) is 0 Å². The number of nitrogens with one attached hydrogen (secondary N) is 2. The number of carbonyl (C=O) groups excluding carboxylic acids is 2. The number of aromatic nitrogens is 1. The van der Waals surface area contributed by atoms with Crippen molar-refractivity contribution < 1.29 is 14.0 Å². The molecule has 1 saturated heterocycles. The van der Waals surface area contributed by atoms with Crippen LogP contribution in [0.3, 0.4) is 0 Å². The molecule has 4 rings (SSSR count). The van der Waals surface area contributed by atoms with E-state index >= 15 is 0 Å². The van der Waals surface area contributed by atoms with Crippen LogP contribution in [-0.2, 0) is 4.79 Å². The van der Waals surface area contributed by atoms with Crippen molar-refractivity contribution in [1.82, 2.24) is 15.2 Å². The lowest BCUT2D eigenvalue weighted by atomic mass is 9.96. The van der Waals surface area contributed by atoms with Crippen molar-refractivity contribution in [2.75, 3.05) is 25.0 Å². The number of amides is 3. The summed E-state index contributed by atoms with van der Waals surface area (Å²) in [5.41, 5.74) is 2.20. The Labute approximate surface area is 179 Å². The summed E-state index contributed by atoms with van der Waals surface area (Å²) in [6.07, 6.45) is 1.87. The molecule has 0 bridgehead atoms. The molecule has 0 atom stereocenters. The third-order valence-corrected chi connectivity index (χ3v) is 5.45. The first kappa shape index (κ1) is 20.2. The van der Waals surface area contributed by atoms with E-state index in [-0.39, 0.29) is 24.3 Å². The van der Waals surface area contributed by atoms with E-state index in [1.165, 1.54) is 0 Å². The molecule has 1 fully saturated rings. The van der Waals surface area contributed by atoms with Crippen molar-refractivity contribution in [2.24, 2.45) is 0 Å². The van der Waals surface area contributed by atoms with Crippen molar-refractivity contribution in [1.29, 1.82) is 0 Å². The highest BCUT2D eigenvalue weighted by atomic mass is 35.5. The molecule has 0 saturated carbocycles. The number of carbonyl (C=O) groups is 2. The van der Waals surface area contributed by atoms with Crippen molar-refractivity contribution >= 4 is 40.3 Å². The number of rotatable bonds is 5. The van der Waals surface area contributed by atoms with E-state index in [1.807, 2.05) is 29.2 Å². The number of fused-ring (bicyclic) bond motifs is 1. The number of piperidine rings is 1. The summed E-state index contributed by atoms with van der Waals surface area (Å²) in [6, 6.07) is 14.3. The summed E-state index contributed by atoms with van der Waals surface area (Å²) in [5.74, 6) is 0.937. The Morgan fingerprint density at radius 1 is 1.13 bits per heavy atom. The van der Waals surface area contributed by atoms with Gasteiger partial charge >= 0.3 is 6.03 Å². The second kappa shape index (κ2) is 9.17. The van der Waals surface area contributed by atoms with E-state index in [0.29, 0.717) is 36.2 Å². The highest BCUT2D eigenvalue weighted by molar-refractivity contribution is 6.31. The average Bonchev–Trinajstić information content (AvgIpc) is 3.17. The highest BCUT2D eigenvalue weighted by Crippen LogP contribution is 2.30. The van der Waals surface area contributed by atoms with Crippen molar-refractivity contribution in [2.45, 2.75) is 25.2 Å². The first-order valence-corrected chi connectivity index (χ1v) is 10.4. The number of halogens is 1. The number of nitrogens with zero attached hydrogens (tertiary/aromatic N) is 2. The minimum absolute atomic E-state index is 0.0396. The standard InChI is InChI=1S/C22H23ClN4O3/c23-16-6-7-19-18(14-16)26-21(30-19)15-9-12-27(13-10-15)20(28)8-11-24-22(29)25-17-4-2-1-3-5-17/h1-7,14-15H,8-13H2,(H2,24,25,29). The Hall–Kier alpha value is -3.06. The van der Waals surface area contributed by atoms with Gasteiger partial charge in [-0.1, -0.05) is 29.8 Å². The number of benzene rings is 2. The largest absolute Gasteiger partial charge is 0.440 e. The fourth-order valence-electron chi connectivity index (χ4n) is 3.61. The minimum atomic E-state index is -0.316. The summed E-state index contributed by atoms with van der Waals surface area (Å²) >= 11 is 6.01. The molecule has 0 unspecified atom stereocenters. The quantitative estimate of drug-likeness (QED) is 0.633. The van der Waals surface area contributed by atoms with Gasteiger partial charge in [-0.25, -0.2) is 9.78 Å². The van der Waals surface area contributed by atoms with Gasteiger partial charge < -0.3 is 20.0 Å². The van der Waals surface area contributed by atoms with Crippen LogP contribution >= 0.6 is 11.6 Å². The number of oxazole rings is 1. The second-order valence-electron chi connectivity index (χ2n) is 7.32. The molecule has 7 nitrogen and oxygen atoms in total. The van der Waals surface area contributed by atoms with E-state index < -0.39 is 0 Å². The zero-order chi connectivity index (χ0) is 20.9. The van der Waals surface area contributed by atoms with Crippen molar-refractivity contribution in [3.8, 4) is 0 Å². The zero-order valence-corrected chi connectivity index (χ0v) is 17.2. The van der Waals surface area contributed by atoms with Crippen LogP contribution in [-0.4, -0.2) is 41.5 Å². The Bertz CT molecular complexity index is 1030. The lowest BCUT2D eigenvalue weighted by Gasteiger charge is -2.30. The van der Waals surface area contributed by atoms with Crippen LogP contribution in [0.5, 0.6) is 0 Å². The number of urea groups is 1. The van der Waals surface area contributed by atoms with E-state index in [9.17, 15) is 9.59 Å². The molecule has 1 aliphatic heterocycles. The number of likely N-dealkylation sites (tertiary alicyclic amines) is 1. The molecule has 8 heteroatoms. The Morgan fingerprint density at radius 2 is 1.90 bits per heavy atom. The Morgan fingerprint density at radius 3 is 2.67 bits per heavy atom. The van der Waals surface area contributed by atoms with Gasteiger partial charge in [-0.2, -0.15) is 0 Å². The Balaban J connectivity index is 1.21. The van der Waals surface area contributed by atoms with Crippen molar-refractivity contribution in [3.05, 3.63) is 59.4 Å². The molecule has 3 amide bonds. The summed E-state index contributed by atoms with van der Waals surface area (Å²) in [5, 5.41) is 6.09. The van der Waals surface area contributed by atoms with E-state index in [0.717, 1.165) is 23.9 Å². The first-order valence-electron chi connectivity index (χ1n) is 10.0. The van der Waals surface area contributed by atoms with Gasteiger partial charge in [-0.3, -0.25) is 4.79 Å². The smallest absolute Gasteiger partial charge is 0.319 e. The molecule has 0 aliphatic carbocycles. The van der Waals surface area contributed by atoms with Gasteiger partial charge in [-0.05, 0) is 43.2 Å². The maximum Gasteiger partial charge on any atom is 0.319 e. The molecule has 2 N–H and O–H groups in total. The molecule has 0 radical (unpaired) electrons. The van der Waals surface area contributed by atoms with Crippen LogP contribution in [0.2, 0.25) is 5.02 Å². The van der Waals surface area contributed by atoms with Crippen LogP contribution in [0, 0.1) is 0 Å². The third kappa shape index (κ3) is 4.91. The maximum absolute atomic E-state index is 12.5. The lowest BCUT2D eigenvalue weighted by Crippen LogP contribution is -2.40. The van der Waals surface area contributed by atoms with E-state index in [2.05, 4.69) is 15.6 Å². The number of hydrogen-bond acceptors (Lipinski definition) is 4. The topological polar surface area (TPSA) is 87.5 Å². The normalized spacial score (nSPS) is 14.6. The molecule has 3 aromatic rings. The van der Waals surface area contributed by atoms with Gasteiger partial charge in [0.25, 0.3) is 0 Å². The molecule has 2 heterocycles. The van der Waals surface area contributed by atoms with Gasteiger partial charge in [0.1, 0.15) is 5.52 Å². The summed E-state index contributed by atoms with van der Waals surface area (Å²) in [6.45, 7) is 1.60. The maximum atomic E-state index is 12.5. The SMILES string of the molecule is O=C(NCCC(=O)N1CCC(c2nc3cc(Cl)ccc3o2)CC1)Nc1ccccc1. The summed E-state index contributed by atoms with van der Waals surface area (Å²) < 4.78 is 5.87. The molecule has 2 aromatic carbocycles. The summed E-state index contributed by atoms with van der Waals surface area (Å²) in [7, 11) is 0. The van der Waals surface area contributed by atoms with Gasteiger partial charge in [0.2, 0.25) is 5.91 Å². The first-order chi connectivity index (χ1) is 14.6. The van der Waals surface area contributed by atoms with Gasteiger partial charge in [0, 0.05) is 42.7 Å². The highest BCUT2D eigenvalue weighted by Gasteiger charge is 2.27. The lowest BCUT2D eigenvalue weighted by molar-refractivity contribution is -0.132. The average molecular weight is 427 g/mol. The third-order valence-electron chi connectivity index (χ3n) is 5.22. The van der Waals surface area contributed by atoms with Crippen LogP contribution in [0.1, 0.15) is 31.1 Å². The van der Waals surface area contributed by atoms with E-state index in [4.69, 9.17) is 16.0 Å². The van der Waals surface area contributed by atoms with Crippen LogP contribution in [0.4, 0.5) is 10.5 Å². The molecule has 0 spiro atoms. The van der Waals surface area contributed by atoms with Crippen LogP contribution in [0.25, 0.3) is 11.1 Å². The monoisotopic (exact) mass is 426 g/mol. The van der Waals surface area contributed by atoms with Crippen molar-refractivity contribution in [3.63, 3.8) is 0 Å². The molecule has 156 valence electrons. The summed E-state index contributed by atoms with van der Waals surface area (Å²) in [4.78, 5) is 30.8. The number of para-hydroxylation sites is 1. The second-order valence-corrected chi connectivity index (χ2v) is 7.75. The molecule has 1 aliphatic rings. The van der Waals surface area contributed by atoms with E-state index in [1.54, 1.807) is 24.3 Å². The fraction of sp³-hybridized carbons (Fsp3) is 0.318. The molecule has 30 heavy (non-hydrogen) atoms. The molecule has 1 aromatic heterocycles. The molecular formula is C22H23ClN4O3. The predicted octanol–water partition coefficient (Wildman–Crippen LogP) is 4.40. The van der Waals surface area contributed by atoms with Crippen LogP contribution in [0.15, 0.2) is 52.9 Å². The minimum Gasteiger partial charge on any atom is -0.440 e. The van der Waals surface area contributed by atoms with Crippen LogP contribution < -0.4 is 10.6 Å². The predicted molar refractivity (Wildman–Crippen MR) is 116 cm³/mol. The van der Waals surface area contributed by atoms with Gasteiger partial charge in [0.15, 0.2) is 11.5 Å². The molecular weight excluding hydrogens is 404 g/mol. The Kier molecular flexibility index (Phi) is 6.18. The number of anilines is 1. The fourth-order valence-corrected chi connectivity index (χ4v) is 3.77. The van der Waals surface area contributed by atoms with Gasteiger partial charge in [-0.15, -0.1) is 0 Å². The number of hydrogen-bond donors (Lipinski definition) is 2. The zero-order valence-electron chi connectivity index (χ0n) is 16.4.